The van der Waals surface area contributed by atoms with Crippen molar-refractivity contribution in [1.29, 1.82) is 0 Å². The summed E-state index contributed by atoms with van der Waals surface area (Å²) in [5.74, 6) is 0. The third kappa shape index (κ3) is 1.42. The Balaban J connectivity index is 2.16. The van der Waals surface area contributed by atoms with Crippen LogP contribution in [0.1, 0.15) is 6.92 Å². The van der Waals surface area contributed by atoms with E-state index in [1.54, 1.807) is 6.41 Å². The zero-order chi connectivity index (χ0) is 6.74. The van der Waals surface area contributed by atoms with Crippen molar-refractivity contribution in [2.45, 2.75) is 6.92 Å². The molecule has 1 radical (unpaired) electrons. The van der Waals surface area contributed by atoms with Crippen molar-refractivity contribution < 1.29 is 9.53 Å². The molecule has 0 bridgehead atoms. The van der Waals surface area contributed by atoms with E-state index in [1.165, 1.54) is 0 Å². The second kappa shape index (κ2) is 2.35. The van der Waals surface area contributed by atoms with E-state index in [0.717, 1.165) is 13.2 Å². The Kier molecular flexibility index (Phi) is 1.71. The van der Waals surface area contributed by atoms with Gasteiger partial charge in [-0.1, -0.05) is 6.92 Å². The topological polar surface area (TPSA) is 38.3 Å². The summed E-state index contributed by atoms with van der Waals surface area (Å²) in [4.78, 5) is 9.71. The van der Waals surface area contributed by atoms with Gasteiger partial charge >= 0.3 is 6.41 Å². The molecule has 1 aliphatic rings. The molecular weight excluding hydrogens is 118 g/mol. The number of nitrogens with one attached hydrogen (secondary N) is 1. The van der Waals surface area contributed by atoms with Crippen LogP contribution in [-0.4, -0.2) is 26.2 Å². The molecule has 3 nitrogen and oxygen atoms in total. The summed E-state index contributed by atoms with van der Waals surface area (Å²) in [7, 11) is 0. The second-order valence-electron chi connectivity index (χ2n) is 2.76. The fourth-order valence-electron chi connectivity index (χ4n) is 0.802. The van der Waals surface area contributed by atoms with Gasteiger partial charge in [-0.25, -0.2) is 0 Å². The van der Waals surface area contributed by atoms with E-state index in [9.17, 15) is 4.79 Å². The van der Waals surface area contributed by atoms with Crippen molar-refractivity contribution in [1.82, 2.24) is 5.32 Å². The minimum absolute atomic E-state index is 0.178. The van der Waals surface area contributed by atoms with Gasteiger partial charge < -0.3 is 10.1 Å². The molecule has 0 atom stereocenters. The van der Waals surface area contributed by atoms with E-state index in [-0.39, 0.29) is 5.41 Å². The van der Waals surface area contributed by atoms with Crippen LogP contribution in [0.5, 0.6) is 0 Å². The first-order chi connectivity index (χ1) is 4.27. The van der Waals surface area contributed by atoms with E-state index < -0.39 is 0 Å². The monoisotopic (exact) mass is 128 g/mol. The van der Waals surface area contributed by atoms with Gasteiger partial charge in [-0.2, -0.15) is 0 Å². The number of carbonyl (C=O) groups excluding carboxylic acids is 1. The molecule has 0 aromatic heterocycles. The number of rotatable bonds is 3. The van der Waals surface area contributed by atoms with Gasteiger partial charge in [0.25, 0.3) is 0 Å². The summed E-state index contributed by atoms with van der Waals surface area (Å²) < 4.78 is 4.97. The molecule has 0 saturated carbocycles. The molecule has 51 valence electrons. The lowest BCUT2D eigenvalue weighted by molar-refractivity contribution is -0.0970. The van der Waals surface area contributed by atoms with Crippen LogP contribution in [0, 0.1) is 5.41 Å². The number of hydrogen-bond donors (Lipinski definition) is 1. The van der Waals surface area contributed by atoms with Crippen molar-refractivity contribution in [2.24, 2.45) is 5.41 Å². The highest BCUT2D eigenvalue weighted by molar-refractivity contribution is 5.47. The average Bonchev–Trinajstić information content (AvgIpc) is 1.79. The molecule has 1 rings (SSSR count). The van der Waals surface area contributed by atoms with Gasteiger partial charge in [0.2, 0.25) is 0 Å². The summed E-state index contributed by atoms with van der Waals surface area (Å²) >= 11 is 0. The van der Waals surface area contributed by atoms with E-state index in [1.807, 2.05) is 0 Å². The van der Waals surface area contributed by atoms with Gasteiger partial charge in [0.15, 0.2) is 0 Å². The van der Waals surface area contributed by atoms with Crippen molar-refractivity contribution in [3.8, 4) is 0 Å². The van der Waals surface area contributed by atoms with E-state index in [4.69, 9.17) is 4.74 Å². The number of hydrogen-bond acceptors (Lipinski definition) is 2. The van der Waals surface area contributed by atoms with Crippen LogP contribution in [0.15, 0.2) is 0 Å². The maximum atomic E-state index is 9.71. The zero-order valence-electron chi connectivity index (χ0n) is 5.44. The van der Waals surface area contributed by atoms with Gasteiger partial charge in [-0.3, -0.25) is 4.79 Å². The Hall–Kier alpha value is -0.570. The van der Waals surface area contributed by atoms with Crippen LogP contribution in [0.4, 0.5) is 0 Å². The Morgan fingerprint density at radius 1 is 1.78 bits per heavy atom. The quantitative estimate of drug-likeness (QED) is 0.529. The maximum absolute atomic E-state index is 9.71. The highest BCUT2D eigenvalue weighted by atomic mass is 16.5. The molecule has 0 unspecified atom stereocenters. The Morgan fingerprint density at radius 3 is 2.78 bits per heavy atom. The Labute approximate surface area is 54.4 Å². The van der Waals surface area contributed by atoms with E-state index in [2.05, 4.69) is 12.2 Å². The Morgan fingerprint density at radius 2 is 2.44 bits per heavy atom. The molecule has 1 amide bonds. The first-order valence-corrected chi connectivity index (χ1v) is 2.95. The van der Waals surface area contributed by atoms with Crippen molar-refractivity contribution in [3.05, 3.63) is 0 Å². The van der Waals surface area contributed by atoms with Gasteiger partial charge in [-0.05, 0) is 0 Å². The summed E-state index contributed by atoms with van der Waals surface area (Å²) in [5.41, 5.74) is 0.178. The second-order valence-corrected chi connectivity index (χ2v) is 2.76. The van der Waals surface area contributed by atoms with Crippen LogP contribution in [0.3, 0.4) is 0 Å². The number of ether oxygens (including phenoxy) is 1. The molecule has 1 aliphatic heterocycles. The lowest BCUT2D eigenvalue weighted by atomic mass is 9.89. The first kappa shape index (κ1) is 6.55. The van der Waals surface area contributed by atoms with Crippen molar-refractivity contribution in [3.63, 3.8) is 0 Å². The molecule has 1 saturated heterocycles. The molecular formula is C6H10NO2. The minimum Gasteiger partial charge on any atom is -0.380 e. The largest absolute Gasteiger partial charge is 0.380 e. The van der Waals surface area contributed by atoms with Gasteiger partial charge in [-0.15, -0.1) is 0 Å². The zero-order valence-corrected chi connectivity index (χ0v) is 5.44. The standard InChI is InChI=1S/C6H10NO2/c1-6(2-7-5-8)3-9-4-6/h2-4H2,1H3,(H,7,8). The summed E-state index contributed by atoms with van der Waals surface area (Å²) in [6, 6.07) is 0. The van der Waals surface area contributed by atoms with Gasteiger partial charge in [0, 0.05) is 12.0 Å². The lowest BCUT2D eigenvalue weighted by Crippen LogP contribution is -2.46. The Bertz CT molecular complexity index is 110. The molecule has 0 spiro atoms. The van der Waals surface area contributed by atoms with E-state index in [0.29, 0.717) is 6.54 Å². The summed E-state index contributed by atoms with van der Waals surface area (Å²) in [6.45, 7) is 4.25. The predicted molar refractivity (Wildman–Crippen MR) is 32.6 cm³/mol. The highest BCUT2D eigenvalue weighted by Crippen LogP contribution is 2.24. The molecule has 0 aromatic rings. The first-order valence-electron chi connectivity index (χ1n) is 2.95. The van der Waals surface area contributed by atoms with Crippen LogP contribution in [0.2, 0.25) is 0 Å². The van der Waals surface area contributed by atoms with Gasteiger partial charge in [0.05, 0.1) is 13.2 Å². The van der Waals surface area contributed by atoms with Crippen LogP contribution >= 0.6 is 0 Å². The smallest absolute Gasteiger partial charge is 0.309 e. The molecule has 9 heavy (non-hydrogen) atoms. The summed E-state index contributed by atoms with van der Waals surface area (Å²) in [5, 5.41) is 2.51. The molecule has 0 aromatic carbocycles. The molecule has 0 aliphatic carbocycles. The highest BCUT2D eigenvalue weighted by Gasteiger charge is 2.32. The van der Waals surface area contributed by atoms with E-state index >= 15 is 0 Å². The van der Waals surface area contributed by atoms with Crippen LogP contribution in [0.25, 0.3) is 0 Å². The van der Waals surface area contributed by atoms with Crippen molar-refractivity contribution >= 4 is 6.41 Å². The summed E-state index contributed by atoms with van der Waals surface area (Å²) in [6.07, 6.45) is 1.64. The number of amides is 1. The lowest BCUT2D eigenvalue weighted by Gasteiger charge is -2.37. The third-order valence-corrected chi connectivity index (χ3v) is 1.49. The normalized spacial score (nSPS) is 22.3. The minimum atomic E-state index is 0.178. The third-order valence-electron chi connectivity index (χ3n) is 1.49. The fraction of sp³-hybridized carbons (Fsp3) is 0.833. The van der Waals surface area contributed by atoms with Crippen molar-refractivity contribution in [2.75, 3.05) is 19.8 Å². The maximum Gasteiger partial charge on any atom is 0.309 e. The molecule has 1 fully saturated rings. The van der Waals surface area contributed by atoms with Crippen LogP contribution in [-0.2, 0) is 9.53 Å². The fourth-order valence-corrected chi connectivity index (χ4v) is 0.802. The molecule has 3 heteroatoms. The predicted octanol–water partition coefficient (Wildman–Crippen LogP) is -0.320. The van der Waals surface area contributed by atoms with Crippen LogP contribution < -0.4 is 5.32 Å². The average molecular weight is 128 g/mol. The molecule has 1 N–H and O–H groups in total. The SMILES string of the molecule is CC1(CN[C]=O)COC1. The molecule has 1 heterocycles. The van der Waals surface area contributed by atoms with Gasteiger partial charge in [0.1, 0.15) is 0 Å².